The highest BCUT2D eigenvalue weighted by molar-refractivity contribution is 6.34. The molecular formula is C22H18ClFN2O3. The highest BCUT2D eigenvalue weighted by atomic mass is 35.5. The molecule has 0 aliphatic carbocycles. The Balaban J connectivity index is 1.59. The van der Waals surface area contributed by atoms with E-state index < -0.39 is 35.5 Å². The van der Waals surface area contributed by atoms with Crippen molar-refractivity contribution in [1.29, 1.82) is 0 Å². The number of carbonyl (C=O) groups is 3. The molecule has 2 amide bonds. The third kappa shape index (κ3) is 2.59. The van der Waals surface area contributed by atoms with Crippen molar-refractivity contribution in [1.82, 2.24) is 4.90 Å². The van der Waals surface area contributed by atoms with Crippen LogP contribution in [0.1, 0.15) is 23.2 Å². The van der Waals surface area contributed by atoms with E-state index in [-0.39, 0.29) is 17.5 Å². The highest BCUT2D eigenvalue weighted by Crippen LogP contribution is 2.49. The normalized spacial score (nSPS) is 28.7. The molecule has 2 aromatic carbocycles. The van der Waals surface area contributed by atoms with Gasteiger partial charge in [-0.2, -0.15) is 0 Å². The Bertz CT molecular complexity index is 1040. The molecule has 0 spiro atoms. The summed E-state index contributed by atoms with van der Waals surface area (Å²) in [4.78, 5) is 42.9. The summed E-state index contributed by atoms with van der Waals surface area (Å²) in [6.07, 6.45) is 1.58. The fourth-order valence-corrected chi connectivity index (χ4v) is 5.43. The average molecular weight is 413 g/mol. The number of hydrogen-bond acceptors (Lipinski definition) is 4. The summed E-state index contributed by atoms with van der Waals surface area (Å²) >= 11 is 6.24. The van der Waals surface area contributed by atoms with Crippen LogP contribution in [0.4, 0.5) is 10.1 Å². The maximum Gasteiger partial charge on any atom is 0.239 e. The monoisotopic (exact) mass is 412 g/mol. The molecule has 3 heterocycles. The van der Waals surface area contributed by atoms with Crippen molar-refractivity contribution in [3.05, 3.63) is 64.9 Å². The Morgan fingerprint density at radius 1 is 1.00 bits per heavy atom. The zero-order chi connectivity index (χ0) is 20.3. The zero-order valence-corrected chi connectivity index (χ0v) is 16.2. The van der Waals surface area contributed by atoms with Crippen LogP contribution in [-0.2, 0) is 9.59 Å². The van der Waals surface area contributed by atoms with Crippen molar-refractivity contribution in [2.24, 2.45) is 11.8 Å². The summed E-state index contributed by atoms with van der Waals surface area (Å²) in [5, 5.41) is 0.319. The van der Waals surface area contributed by atoms with E-state index in [2.05, 4.69) is 0 Å². The lowest BCUT2D eigenvalue weighted by Crippen LogP contribution is -2.46. The van der Waals surface area contributed by atoms with Gasteiger partial charge in [-0.15, -0.1) is 0 Å². The second kappa shape index (κ2) is 6.75. The number of imide groups is 1. The Labute approximate surface area is 172 Å². The molecule has 5 rings (SSSR count). The van der Waals surface area contributed by atoms with E-state index >= 15 is 0 Å². The summed E-state index contributed by atoms with van der Waals surface area (Å²) in [6.45, 7) is 0.652. The van der Waals surface area contributed by atoms with Gasteiger partial charge >= 0.3 is 0 Å². The first kappa shape index (κ1) is 18.5. The zero-order valence-electron chi connectivity index (χ0n) is 15.4. The minimum Gasteiger partial charge on any atom is -0.292 e. The summed E-state index contributed by atoms with van der Waals surface area (Å²) in [5.41, 5.74) is 0.292. The second-order valence-corrected chi connectivity index (χ2v) is 8.16. The van der Waals surface area contributed by atoms with Crippen molar-refractivity contribution in [2.45, 2.75) is 24.9 Å². The van der Waals surface area contributed by atoms with E-state index in [0.29, 0.717) is 17.1 Å². The molecule has 3 aliphatic heterocycles. The lowest BCUT2D eigenvalue weighted by molar-refractivity contribution is -0.123. The molecule has 29 heavy (non-hydrogen) atoms. The summed E-state index contributed by atoms with van der Waals surface area (Å²) in [6, 6.07) is 11.5. The molecule has 7 heteroatoms. The van der Waals surface area contributed by atoms with Crippen LogP contribution in [0.25, 0.3) is 0 Å². The molecular weight excluding hydrogens is 395 g/mol. The van der Waals surface area contributed by atoms with Crippen molar-refractivity contribution >= 4 is 34.9 Å². The maximum atomic E-state index is 14.4. The predicted molar refractivity (Wildman–Crippen MR) is 105 cm³/mol. The van der Waals surface area contributed by atoms with E-state index in [9.17, 15) is 18.8 Å². The van der Waals surface area contributed by atoms with Crippen LogP contribution in [0.5, 0.6) is 0 Å². The van der Waals surface area contributed by atoms with E-state index in [1.807, 2.05) is 4.90 Å². The maximum absolute atomic E-state index is 14.4. The Morgan fingerprint density at radius 2 is 1.69 bits per heavy atom. The highest BCUT2D eigenvalue weighted by Gasteiger charge is 2.65. The van der Waals surface area contributed by atoms with Gasteiger partial charge < -0.3 is 0 Å². The van der Waals surface area contributed by atoms with Crippen LogP contribution in [0.2, 0.25) is 5.02 Å². The molecule has 2 aromatic rings. The largest absolute Gasteiger partial charge is 0.292 e. The molecule has 5 nitrogen and oxygen atoms in total. The number of ketones is 1. The molecule has 0 aromatic heterocycles. The van der Waals surface area contributed by atoms with Crippen molar-refractivity contribution in [3.8, 4) is 0 Å². The second-order valence-electron chi connectivity index (χ2n) is 7.75. The minimum atomic E-state index is -0.823. The number of amides is 2. The molecule has 0 radical (unpaired) electrons. The number of anilines is 1. The minimum absolute atomic E-state index is 0.0506. The van der Waals surface area contributed by atoms with Gasteiger partial charge in [0.2, 0.25) is 11.8 Å². The van der Waals surface area contributed by atoms with Crippen molar-refractivity contribution in [3.63, 3.8) is 0 Å². The standard InChI is InChI=1S/C22H18ClFN2O3/c23-13-7-2-1-6-12(13)20(27)19-18-17(16-10-5-11-25(16)19)21(28)26(22(18)29)15-9-4-3-8-14(15)24/h1-4,6-9,16-19H,5,10-11H2. The molecule has 4 atom stereocenters. The Kier molecular flexibility index (Phi) is 4.29. The van der Waals surface area contributed by atoms with Gasteiger partial charge in [-0.1, -0.05) is 35.9 Å². The smallest absolute Gasteiger partial charge is 0.239 e. The number of carbonyl (C=O) groups excluding carboxylic acids is 3. The number of halogens is 2. The number of benzene rings is 2. The van der Waals surface area contributed by atoms with Crippen LogP contribution in [-0.4, -0.2) is 41.1 Å². The van der Waals surface area contributed by atoms with Gasteiger partial charge in [-0.3, -0.25) is 19.3 Å². The van der Waals surface area contributed by atoms with E-state index in [0.717, 1.165) is 17.7 Å². The molecule has 148 valence electrons. The van der Waals surface area contributed by atoms with Gasteiger partial charge in [0, 0.05) is 11.6 Å². The topological polar surface area (TPSA) is 57.7 Å². The van der Waals surface area contributed by atoms with Crippen LogP contribution in [0, 0.1) is 17.7 Å². The van der Waals surface area contributed by atoms with Crippen LogP contribution in [0.15, 0.2) is 48.5 Å². The van der Waals surface area contributed by atoms with Crippen LogP contribution in [0.3, 0.4) is 0 Å². The molecule has 0 N–H and O–H groups in total. The summed E-state index contributed by atoms with van der Waals surface area (Å²) in [7, 11) is 0. The lowest BCUT2D eigenvalue weighted by atomic mass is 9.85. The summed E-state index contributed by atoms with van der Waals surface area (Å²) < 4.78 is 14.4. The molecule has 0 bridgehead atoms. The van der Waals surface area contributed by atoms with Gasteiger partial charge in [0.1, 0.15) is 5.82 Å². The first-order chi connectivity index (χ1) is 14.0. The number of rotatable bonds is 3. The van der Waals surface area contributed by atoms with Gasteiger partial charge in [-0.05, 0) is 43.7 Å². The number of fused-ring (bicyclic) bond motifs is 3. The van der Waals surface area contributed by atoms with Gasteiger partial charge in [0.05, 0.1) is 28.6 Å². The van der Waals surface area contributed by atoms with Crippen LogP contribution < -0.4 is 4.90 Å². The quantitative estimate of drug-likeness (QED) is 0.573. The van der Waals surface area contributed by atoms with Crippen LogP contribution >= 0.6 is 11.6 Å². The molecule has 3 saturated heterocycles. The van der Waals surface area contributed by atoms with Crippen molar-refractivity contribution in [2.75, 3.05) is 11.4 Å². The number of para-hydroxylation sites is 1. The molecule has 3 aliphatic rings. The summed E-state index contributed by atoms with van der Waals surface area (Å²) in [5.74, 6) is -3.28. The lowest BCUT2D eigenvalue weighted by Gasteiger charge is -2.27. The number of hydrogen-bond donors (Lipinski definition) is 0. The first-order valence-electron chi connectivity index (χ1n) is 9.67. The Hall–Kier alpha value is -2.57. The number of Topliss-reactive ketones (excluding diaryl/α,β-unsaturated/α-hetero) is 1. The van der Waals surface area contributed by atoms with E-state index in [1.165, 1.54) is 18.2 Å². The van der Waals surface area contributed by atoms with Gasteiger partial charge in [0.25, 0.3) is 0 Å². The number of nitrogens with zero attached hydrogens (tertiary/aromatic N) is 2. The predicted octanol–water partition coefficient (Wildman–Crippen LogP) is 3.31. The third-order valence-electron chi connectivity index (χ3n) is 6.35. The Morgan fingerprint density at radius 3 is 2.45 bits per heavy atom. The van der Waals surface area contributed by atoms with Gasteiger partial charge in [0.15, 0.2) is 5.78 Å². The van der Waals surface area contributed by atoms with E-state index in [4.69, 9.17) is 11.6 Å². The van der Waals surface area contributed by atoms with Crippen molar-refractivity contribution < 1.29 is 18.8 Å². The SMILES string of the molecule is O=C(c1ccccc1Cl)C1C2C(=O)N(c3ccccc3F)C(=O)C2C2CCCN21. The molecule has 3 fully saturated rings. The molecule has 0 saturated carbocycles. The third-order valence-corrected chi connectivity index (χ3v) is 6.68. The van der Waals surface area contributed by atoms with E-state index in [1.54, 1.807) is 30.3 Å². The molecule has 4 unspecified atom stereocenters. The van der Waals surface area contributed by atoms with Gasteiger partial charge in [-0.25, -0.2) is 9.29 Å². The fourth-order valence-electron chi connectivity index (χ4n) is 5.21. The first-order valence-corrected chi connectivity index (χ1v) is 10.1. The average Bonchev–Trinajstić information content (AvgIpc) is 3.35. The fraction of sp³-hybridized carbons (Fsp3) is 0.318.